The lowest BCUT2D eigenvalue weighted by molar-refractivity contribution is 0.414. The molecule has 0 fully saturated rings. The lowest BCUT2D eigenvalue weighted by atomic mass is 9.33. The smallest absolute Gasteiger partial charge is 0.247 e. The summed E-state index contributed by atoms with van der Waals surface area (Å²) in [6.45, 7) is 41.3. The highest BCUT2D eigenvalue weighted by Crippen LogP contribution is 2.45. The number of pyridine rings is 1. The fourth-order valence-corrected chi connectivity index (χ4v) is 12.5. The number of aromatic hydroxyl groups is 1. The summed E-state index contributed by atoms with van der Waals surface area (Å²) in [7, 11) is 0. The zero-order valence-corrected chi connectivity index (χ0v) is 45.6. The molecule has 356 valence electrons. The normalized spacial score (nSPS) is 13.3. The molecule has 0 radical (unpaired) electrons. The second kappa shape index (κ2) is 17.1. The van der Waals surface area contributed by atoms with E-state index in [9.17, 15) is 5.11 Å². The van der Waals surface area contributed by atoms with Crippen LogP contribution in [-0.2, 0) is 17.3 Å². The van der Waals surface area contributed by atoms with E-state index in [0.29, 0.717) is 17.8 Å². The van der Waals surface area contributed by atoms with Crippen molar-refractivity contribution in [3.63, 3.8) is 0 Å². The monoisotopic (exact) mass is 932 g/mol. The maximum Gasteiger partial charge on any atom is 0.247 e. The molecule has 0 unspecified atom stereocenters. The van der Waals surface area contributed by atoms with Crippen LogP contribution < -0.4 is 16.4 Å². The summed E-state index contributed by atoms with van der Waals surface area (Å²) in [5.41, 5.74) is 22.2. The van der Waals surface area contributed by atoms with Gasteiger partial charge in [0.05, 0.1) is 27.0 Å². The van der Waals surface area contributed by atoms with Crippen LogP contribution in [0.1, 0.15) is 171 Å². The van der Waals surface area contributed by atoms with E-state index in [1.165, 1.54) is 64.7 Å². The van der Waals surface area contributed by atoms with Gasteiger partial charge in [-0.2, -0.15) is 0 Å². The van der Waals surface area contributed by atoms with E-state index < -0.39 is 0 Å². The second-order valence-corrected chi connectivity index (χ2v) is 25.8. The van der Waals surface area contributed by atoms with E-state index in [1.54, 1.807) is 0 Å². The Labute approximate surface area is 417 Å². The number of aryl methyl sites for hydroxylation is 3. The van der Waals surface area contributed by atoms with Gasteiger partial charge in [0.15, 0.2) is 0 Å². The summed E-state index contributed by atoms with van der Waals surface area (Å²) in [5, 5.41) is 13.4. The van der Waals surface area contributed by atoms with Crippen molar-refractivity contribution in [3.05, 3.63) is 134 Å². The molecule has 4 heterocycles. The Morgan fingerprint density at radius 3 is 1.93 bits per heavy atom. The summed E-state index contributed by atoms with van der Waals surface area (Å²) in [6.07, 6.45) is 3.02. The topological polar surface area (TPSA) is 50.9 Å². The molecule has 0 aliphatic carbocycles. The van der Waals surface area contributed by atoms with Crippen molar-refractivity contribution < 1.29 is 5.11 Å². The van der Waals surface area contributed by atoms with Gasteiger partial charge in [0, 0.05) is 27.9 Å². The molecule has 0 atom stereocenters. The van der Waals surface area contributed by atoms with Gasteiger partial charge in [-0.05, 0) is 158 Å². The number of hydrogen-bond donors (Lipinski definition) is 1. The van der Waals surface area contributed by atoms with Gasteiger partial charge in [-0.25, -0.2) is 4.98 Å². The summed E-state index contributed by atoms with van der Waals surface area (Å²) >= 11 is 1.91. The zero-order chi connectivity index (χ0) is 50.0. The van der Waals surface area contributed by atoms with Crippen molar-refractivity contribution in [2.45, 2.75) is 160 Å². The number of fused-ring (bicyclic) bond motifs is 3. The number of aromatic nitrogens is 3. The molecule has 69 heavy (non-hydrogen) atoms. The number of thiophene rings is 1. The fraction of sp³-hybridized carbons (Fsp3) is 0.397. The molecule has 0 saturated carbocycles. The van der Waals surface area contributed by atoms with E-state index in [-0.39, 0.29) is 28.7 Å². The molecule has 0 bridgehead atoms. The summed E-state index contributed by atoms with van der Waals surface area (Å²) in [6, 6.07) is 30.5. The van der Waals surface area contributed by atoms with Crippen LogP contribution in [0.25, 0.3) is 60.6 Å². The summed E-state index contributed by atoms with van der Waals surface area (Å²) in [4.78, 5) is 12.4. The number of benzene rings is 5. The van der Waals surface area contributed by atoms with Gasteiger partial charge in [-0.15, -0.1) is 11.3 Å². The quantitative estimate of drug-likeness (QED) is 0.154. The number of hydrogen-bond acceptors (Lipinski definition) is 4. The summed E-state index contributed by atoms with van der Waals surface area (Å²) < 4.78 is 3.65. The van der Waals surface area contributed by atoms with E-state index in [1.807, 2.05) is 24.5 Å². The molecule has 8 aromatic rings. The van der Waals surface area contributed by atoms with Gasteiger partial charge in [0.1, 0.15) is 11.6 Å². The number of phenolic OH excluding ortho intramolecular Hbond substituents is 1. The van der Waals surface area contributed by atoms with Crippen molar-refractivity contribution >= 4 is 55.6 Å². The molecule has 6 heteroatoms. The Bertz CT molecular complexity index is 3310. The average Bonchev–Trinajstić information content (AvgIpc) is 3.81. The zero-order valence-electron chi connectivity index (χ0n) is 44.8. The molecule has 5 aromatic carbocycles. The number of rotatable bonds is 8. The molecule has 0 amide bonds. The van der Waals surface area contributed by atoms with Gasteiger partial charge in [-0.3, -0.25) is 9.55 Å². The van der Waals surface area contributed by atoms with E-state index in [2.05, 4.69) is 201 Å². The number of phenols is 1. The largest absolute Gasteiger partial charge is 0.507 e. The molecule has 1 N–H and O–H groups in total. The highest BCUT2D eigenvalue weighted by atomic mass is 32.1. The lowest BCUT2D eigenvalue weighted by Gasteiger charge is -2.33. The maximum absolute atomic E-state index is 12.1. The first-order valence-corrected chi connectivity index (χ1v) is 26.3. The highest BCUT2D eigenvalue weighted by Gasteiger charge is 2.40. The molecule has 9 rings (SSSR count). The molecule has 0 saturated heterocycles. The van der Waals surface area contributed by atoms with E-state index in [0.717, 1.165) is 68.0 Å². The fourth-order valence-electron chi connectivity index (χ4n) is 10.9. The predicted octanol–water partition coefficient (Wildman–Crippen LogP) is 15.7. The number of nitrogens with zero attached hydrogens (tertiary/aromatic N) is 3. The first-order valence-electron chi connectivity index (χ1n) is 25.4. The van der Waals surface area contributed by atoms with Crippen molar-refractivity contribution in [1.29, 1.82) is 0 Å². The molecular weight excluding hydrogens is 858 g/mol. The standard InChI is InChI=1S/C63H74BN3OS/c1-34(2)40-30-47(35(3)4)54(48(31-40)36(5)6)64-50-21-20-46(41-27-42(29-44(28-41)63(16,17)18)55-59-45(23-24-65-55)39(9)53(69-59)33-61(10,11)12)56-57(50)67(52-22-19-43(32-51(52)64)62(13,14)15)60(66-56)49-26-37(7)25-38(8)58(49)68/h19-32,34-36,68H,33H2,1-18H3. The Balaban J connectivity index is 1.42. The lowest BCUT2D eigenvalue weighted by Crippen LogP contribution is -2.58. The molecule has 3 aromatic heterocycles. The van der Waals surface area contributed by atoms with Crippen molar-refractivity contribution in [2.24, 2.45) is 5.41 Å². The Hall–Kier alpha value is -5.46. The Kier molecular flexibility index (Phi) is 12.1. The van der Waals surface area contributed by atoms with Crippen LogP contribution in [0.5, 0.6) is 5.75 Å². The van der Waals surface area contributed by atoms with Gasteiger partial charge >= 0.3 is 0 Å². The van der Waals surface area contributed by atoms with Crippen LogP contribution in [0, 0.1) is 26.2 Å². The van der Waals surface area contributed by atoms with Gasteiger partial charge in [0.25, 0.3) is 0 Å². The first kappa shape index (κ1) is 48.6. The summed E-state index contributed by atoms with van der Waals surface area (Å²) in [5.74, 6) is 2.05. The third-order valence-corrected chi connectivity index (χ3v) is 16.1. The highest BCUT2D eigenvalue weighted by molar-refractivity contribution is 7.19. The first-order chi connectivity index (χ1) is 32.2. The van der Waals surface area contributed by atoms with Crippen LogP contribution in [0.15, 0.2) is 85.1 Å². The Morgan fingerprint density at radius 2 is 1.32 bits per heavy atom. The van der Waals surface area contributed by atoms with Crippen LogP contribution >= 0.6 is 11.3 Å². The molecule has 1 aliphatic heterocycles. The van der Waals surface area contributed by atoms with Crippen molar-refractivity contribution in [3.8, 4) is 45.2 Å². The minimum Gasteiger partial charge on any atom is -0.507 e. The third-order valence-electron chi connectivity index (χ3n) is 14.8. The third kappa shape index (κ3) is 8.57. The Morgan fingerprint density at radius 1 is 0.667 bits per heavy atom. The van der Waals surface area contributed by atoms with Crippen LogP contribution in [0.3, 0.4) is 0 Å². The van der Waals surface area contributed by atoms with Crippen molar-refractivity contribution in [1.82, 2.24) is 14.5 Å². The second-order valence-electron chi connectivity index (χ2n) is 24.7. The van der Waals surface area contributed by atoms with Gasteiger partial charge in [-0.1, -0.05) is 158 Å². The van der Waals surface area contributed by atoms with Crippen LogP contribution in [0.2, 0.25) is 0 Å². The average molecular weight is 932 g/mol. The predicted molar refractivity (Wildman–Crippen MR) is 300 cm³/mol. The number of imidazole rings is 1. The molecule has 0 spiro atoms. The van der Waals surface area contributed by atoms with E-state index in [4.69, 9.17) is 9.97 Å². The van der Waals surface area contributed by atoms with Crippen molar-refractivity contribution in [2.75, 3.05) is 0 Å². The van der Waals surface area contributed by atoms with E-state index >= 15 is 0 Å². The maximum atomic E-state index is 12.1. The minimum absolute atomic E-state index is 0.0533. The molecule has 1 aliphatic rings. The van der Waals surface area contributed by atoms with Crippen LogP contribution in [-0.4, -0.2) is 26.4 Å². The van der Waals surface area contributed by atoms with Crippen LogP contribution in [0.4, 0.5) is 0 Å². The minimum atomic E-state index is -0.140. The molecular formula is C63H74BN3OS. The van der Waals surface area contributed by atoms with Gasteiger partial charge < -0.3 is 5.11 Å². The molecule has 4 nitrogen and oxygen atoms in total. The SMILES string of the molecule is Cc1cc(C)c(O)c(-c2nc3c(-c4cc(-c5nccc6c(C)c(CC(C)(C)C)sc56)cc(C(C)(C)C)c4)ccc4c3n2-c2ccc(C(C)(C)C)cc2B4c2c(C(C)C)cc(C(C)C)cc2C(C)C)c1. The van der Waals surface area contributed by atoms with Gasteiger partial charge in [0.2, 0.25) is 6.71 Å².